The molecule has 2 aromatic rings. The molecule has 0 heterocycles. The van der Waals surface area contributed by atoms with Gasteiger partial charge in [-0.05, 0) is 43.3 Å². The summed E-state index contributed by atoms with van der Waals surface area (Å²) in [6.45, 7) is 1.23. The van der Waals surface area contributed by atoms with Crippen LogP contribution in [0.5, 0.6) is 5.75 Å². The number of hydrogen-bond donors (Lipinski definition) is 1. The molecule has 1 atom stereocenters. The highest BCUT2D eigenvalue weighted by Gasteiger charge is 2.39. The molecule has 0 bridgehead atoms. The minimum atomic E-state index is -4.98. The number of amides is 1. The van der Waals surface area contributed by atoms with Gasteiger partial charge in [0.05, 0.1) is 10.6 Å². The molecule has 0 aliphatic heterocycles. The molecule has 11 heteroatoms. The molecule has 0 radical (unpaired) electrons. The summed E-state index contributed by atoms with van der Waals surface area (Å²) in [4.78, 5) is 10.9. The molecule has 1 amide bonds. The first-order valence-electron chi connectivity index (χ1n) is 7.26. The molecule has 0 saturated carbocycles. The Balaban J connectivity index is 2.26. The molecular formula is C16H12Cl2F3NO4S. The fourth-order valence-electron chi connectivity index (χ4n) is 2.04. The monoisotopic (exact) mass is 441 g/mol. The molecular weight excluding hydrogens is 430 g/mol. The van der Waals surface area contributed by atoms with Crippen molar-refractivity contribution in [3.63, 3.8) is 0 Å². The molecule has 5 nitrogen and oxygen atoms in total. The van der Waals surface area contributed by atoms with E-state index in [0.717, 1.165) is 12.1 Å². The molecule has 0 aromatic heterocycles. The molecule has 0 spiro atoms. The van der Waals surface area contributed by atoms with Crippen LogP contribution < -0.4 is 9.46 Å². The van der Waals surface area contributed by atoms with E-state index >= 15 is 0 Å². The summed E-state index contributed by atoms with van der Waals surface area (Å²) in [6.07, 6.45) is -6.30. The Morgan fingerprint density at radius 1 is 1.11 bits per heavy atom. The SMILES string of the molecule is CC(Oc1ccc(Cl)cc1)C(=O)NS(=O)(=O)c1c(Cl)cccc1C(F)(F)F. The summed E-state index contributed by atoms with van der Waals surface area (Å²) >= 11 is 11.4. The molecule has 0 saturated heterocycles. The van der Waals surface area contributed by atoms with E-state index in [9.17, 15) is 26.4 Å². The average Bonchev–Trinajstić information content (AvgIpc) is 2.55. The molecule has 0 aliphatic rings. The zero-order chi connectivity index (χ0) is 20.4. The smallest absolute Gasteiger partial charge is 0.417 e. The van der Waals surface area contributed by atoms with E-state index in [2.05, 4.69) is 0 Å². The second-order valence-corrected chi connectivity index (χ2v) is 7.76. The normalized spacial score (nSPS) is 13.1. The lowest BCUT2D eigenvalue weighted by Crippen LogP contribution is -2.40. The summed E-state index contributed by atoms with van der Waals surface area (Å²) in [5.74, 6) is -0.953. The van der Waals surface area contributed by atoms with Crippen molar-refractivity contribution < 1.29 is 31.1 Å². The van der Waals surface area contributed by atoms with Gasteiger partial charge in [0.25, 0.3) is 15.9 Å². The van der Waals surface area contributed by atoms with Gasteiger partial charge in [0.15, 0.2) is 6.10 Å². The molecule has 0 aliphatic carbocycles. The number of benzene rings is 2. The number of carbonyl (C=O) groups is 1. The van der Waals surface area contributed by atoms with E-state index in [-0.39, 0.29) is 5.75 Å². The molecule has 27 heavy (non-hydrogen) atoms. The molecule has 1 unspecified atom stereocenters. The molecule has 1 N–H and O–H groups in total. The van der Waals surface area contributed by atoms with Crippen molar-refractivity contribution in [2.45, 2.75) is 24.1 Å². The molecule has 146 valence electrons. The Morgan fingerprint density at radius 2 is 1.70 bits per heavy atom. The van der Waals surface area contributed by atoms with Crippen LogP contribution in [0.4, 0.5) is 13.2 Å². The van der Waals surface area contributed by atoms with Crippen LogP contribution >= 0.6 is 23.2 Å². The molecule has 2 rings (SSSR count). The topological polar surface area (TPSA) is 72.5 Å². The Bertz CT molecular complexity index is 947. The zero-order valence-corrected chi connectivity index (χ0v) is 15.9. The first-order valence-corrected chi connectivity index (χ1v) is 9.50. The highest BCUT2D eigenvalue weighted by Crippen LogP contribution is 2.37. The van der Waals surface area contributed by atoms with Gasteiger partial charge in [0.2, 0.25) is 0 Å². The van der Waals surface area contributed by atoms with Crippen molar-refractivity contribution in [1.29, 1.82) is 0 Å². The van der Waals surface area contributed by atoms with Gasteiger partial charge >= 0.3 is 6.18 Å². The lowest BCUT2D eigenvalue weighted by Gasteiger charge is -2.17. The fourth-order valence-corrected chi connectivity index (χ4v) is 3.98. The minimum Gasteiger partial charge on any atom is -0.481 e. The van der Waals surface area contributed by atoms with Crippen LogP contribution in [0.1, 0.15) is 12.5 Å². The van der Waals surface area contributed by atoms with Crippen molar-refractivity contribution in [2.75, 3.05) is 0 Å². The summed E-state index contributed by atoms with van der Waals surface area (Å²) < 4.78 is 70.8. The second kappa shape index (κ2) is 7.95. The number of hydrogen-bond acceptors (Lipinski definition) is 4. The standard InChI is InChI=1S/C16H12Cl2F3NO4S/c1-9(26-11-7-5-10(17)6-8-11)15(23)22-27(24,25)14-12(16(19,20)21)3-2-4-13(14)18/h2-9H,1H3,(H,22,23). The number of nitrogens with one attached hydrogen (secondary N) is 1. The van der Waals surface area contributed by atoms with E-state index in [0.29, 0.717) is 11.1 Å². The number of rotatable bonds is 5. The second-order valence-electron chi connectivity index (χ2n) is 5.30. The molecule has 2 aromatic carbocycles. The first kappa shape index (κ1) is 21.3. The average molecular weight is 442 g/mol. The number of carbonyl (C=O) groups excluding carboxylic acids is 1. The third kappa shape index (κ3) is 5.27. The highest BCUT2D eigenvalue weighted by atomic mass is 35.5. The van der Waals surface area contributed by atoms with Gasteiger partial charge in [-0.1, -0.05) is 29.3 Å². The Labute approximate surface area is 163 Å². The van der Waals surface area contributed by atoms with Crippen molar-refractivity contribution in [3.05, 3.63) is 58.1 Å². The van der Waals surface area contributed by atoms with E-state index < -0.39 is 43.7 Å². The van der Waals surface area contributed by atoms with Crippen molar-refractivity contribution in [3.8, 4) is 5.75 Å². The summed E-state index contributed by atoms with van der Waals surface area (Å²) in [7, 11) is -4.90. The predicted octanol–water partition coefficient (Wildman–Crippen LogP) is 4.28. The third-order valence-corrected chi connectivity index (χ3v) is 5.40. The van der Waals surface area contributed by atoms with Crippen LogP contribution in [-0.2, 0) is 21.0 Å². The third-order valence-electron chi connectivity index (χ3n) is 3.27. The van der Waals surface area contributed by atoms with Crippen LogP contribution in [0.25, 0.3) is 0 Å². The van der Waals surface area contributed by atoms with Crippen LogP contribution in [-0.4, -0.2) is 20.4 Å². The Morgan fingerprint density at radius 3 is 2.26 bits per heavy atom. The predicted molar refractivity (Wildman–Crippen MR) is 93.3 cm³/mol. The van der Waals surface area contributed by atoms with Crippen LogP contribution in [0, 0.1) is 0 Å². The lowest BCUT2D eigenvalue weighted by atomic mass is 10.2. The van der Waals surface area contributed by atoms with E-state index in [4.69, 9.17) is 27.9 Å². The Kier molecular flexibility index (Phi) is 6.28. The largest absolute Gasteiger partial charge is 0.481 e. The summed E-state index contributed by atoms with van der Waals surface area (Å²) in [5.41, 5.74) is -1.48. The fraction of sp³-hybridized carbons (Fsp3) is 0.188. The van der Waals surface area contributed by atoms with Crippen molar-refractivity contribution in [2.24, 2.45) is 0 Å². The van der Waals surface area contributed by atoms with Gasteiger partial charge in [0.1, 0.15) is 10.6 Å². The van der Waals surface area contributed by atoms with Crippen molar-refractivity contribution in [1.82, 2.24) is 4.72 Å². The van der Waals surface area contributed by atoms with Gasteiger partial charge in [-0.25, -0.2) is 13.1 Å². The van der Waals surface area contributed by atoms with Gasteiger partial charge in [-0.15, -0.1) is 0 Å². The lowest BCUT2D eigenvalue weighted by molar-refractivity contribution is -0.140. The Hall–Kier alpha value is -1.97. The quantitative estimate of drug-likeness (QED) is 0.751. The van der Waals surface area contributed by atoms with Gasteiger partial charge in [-0.2, -0.15) is 13.2 Å². The first-order chi connectivity index (χ1) is 12.4. The van der Waals surface area contributed by atoms with E-state index in [1.165, 1.54) is 31.2 Å². The van der Waals surface area contributed by atoms with Gasteiger partial charge in [0, 0.05) is 5.02 Å². The van der Waals surface area contributed by atoms with Crippen molar-refractivity contribution >= 4 is 39.1 Å². The maximum Gasteiger partial charge on any atom is 0.417 e. The van der Waals surface area contributed by atoms with E-state index in [1.807, 2.05) is 0 Å². The summed E-state index contributed by atoms with van der Waals surface area (Å²) in [6, 6.07) is 8.34. The van der Waals surface area contributed by atoms with E-state index in [1.54, 1.807) is 4.72 Å². The van der Waals surface area contributed by atoms with Crippen LogP contribution in [0.2, 0.25) is 10.0 Å². The number of ether oxygens (including phenoxy) is 1. The van der Waals surface area contributed by atoms with Crippen LogP contribution in [0.15, 0.2) is 47.4 Å². The number of halogens is 5. The molecule has 0 fully saturated rings. The minimum absolute atomic E-state index is 0.216. The summed E-state index contributed by atoms with van der Waals surface area (Å²) in [5, 5.41) is -0.253. The van der Waals surface area contributed by atoms with Gasteiger partial charge in [-0.3, -0.25) is 4.79 Å². The maximum atomic E-state index is 13.1. The van der Waals surface area contributed by atoms with Crippen LogP contribution in [0.3, 0.4) is 0 Å². The zero-order valence-electron chi connectivity index (χ0n) is 13.5. The highest BCUT2D eigenvalue weighted by molar-refractivity contribution is 7.90. The number of alkyl halides is 3. The number of sulfonamides is 1. The maximum absolute atomic E-state index is 13.1. The van der Waals surface area contributed by atoms with Gasteiger partial charge < -0.3 is 4.74 Å².